The molecule has 1 heterocycles. The van der Waals surface area contributed by atoms with Gasteiger partial charge in [0.15, 0.2) is 0 Å². The third-order valence-electron chi connectivity index (χ3n) is 4.81. The van der Waals surface area contributed by atoms with Crippen molar-refractivity contribution in [2.24, 2.45) is 0 Å². The minimum absolute atomic E-state index is 0.0789. The molecule has 0 atom stereocenters. The average Bonchev–Trinajstić information content (AvgIpc) is 2.74. The van der Waals surface area contributed by atoms with Gasteiger partial charge in [0.1, 0.15) is 18.7 Å². The SMILES string of the molecule is CC(C)(C)c1cc(C=O)cc(C(C)(C)C)c1.Nc1ccc(F)c(COc2cnccn2)c1. The highest BCUT2D eigenvalue weighted by molar-refractivity contribution is 5.76. The Morgan fingerprint density at radius 1 is 0.969 bits per heavy atom. The molecule has 170 valence electrons. The van der Waals surface area contributed by atoms with E-state index in [9.17, 15) is 9.18 Å². The summed E-state index contributed by atoms with van der Waals surface area (Å²) < 4.78 is 18.6. The average molecular weight is 438 g/mol. The van der Waals surface area contributed by atoms with Crippen LogP contribution in [0.3, 0.4) is 0 Å². The lowest BCUT2D eigenvalue weighted by molar-refractivity contribution is 0.112. The molecule has 0 bridgehead atoms. The van der Waals surface area contributed by atoms with Gasteiger partial charge in [0.05, 0.1) is 6.20 Å². The fourth-order valence-electron chi connectivity index (χ4n) is 2.80. The maximum Gasteiger partial charge on any atom is 0.232 e. The molecule has 0 saturated carbocycles. The standard InChI is InChI=1S/C15H22O.C11H10FN3O/c1-14(2,3)12-7-11(10-16)8-13(9-12)15(4,5)6;12-10-2-1-9(13)5-8(10)7-16-11-6-14-3-4-15-11/h7-10H,1-6H3;1-6H,7,13H2. The largest absolute Gasteiger partial charge is 0.472 e. The Labute approximate surface area is 189 Å². The smallest absolute Gasteiger partial charge is 0.232 e. The van der Waals surface area contributed by atoms with Gasteiger partial charge in [-0.1, -0.05) is 47.6 Å². The molecule has 0 aliphatic heterocycles. The fourth-order valence-corrected chi connectivity index (χ4v) is 2.80. The summed E-state index contributed by atoms with van der Waals surface area (Å²) in [5, 5.41) is 0. The molecule has 0 aliphatic rings. The first kappa shape index (κ1) is 25.0. The molecule has 3 aromatic rings. The Kier molecular flexibility index (Phi) is 8.08. The minimum Gasteiger partial charge on any atom is -0.472 e. The number of carbonyl (C=O) groups is 1. The summed E-state index contributed by atoms with van der Waals surface area (Å²) in [5.41, 5.74) is 9.83. The zero-order valence-corrected chi connectivity index (χ0v) is 19.6. The first-order valence-electron chi connectivity index (χ1n) is 10.4. The summed E-state index contributed by atoms with van der Waals surface area (Å²) in [5.74, 6) is 0.00224. The van der Waals surface area contributed by atoms with Crippen molar-refractivity contribution in [1.82, 2.24) is 9.97 Å². The number of halogens is 1. The van der Waals surface area contributed by atoms with Crippen LogP contribution < -0.4 is 10.5 Å². The number of nitrogen functional groups attached to an aromatic ring is 1. The van der Waals surface area contributed by atoms with Gasteiger partial charge in [0.2, 0.25) is 5.88 Å². The molecule has 5 nitrogen and oxygen atoms in total. The van der Waals surface area contributed by atoms with Crippen molar-refractivity contribution in [2.45, 2.75) is 59.0 Å². The number of hydrogen-bond acceptors (Lipinski definition) is 5. The van der Waals surface area contributed by atoms with Gasteiger partial charge in [0, 0.05) is 29.2 Å². The number of anilines is 1. The first-order valence-corrected chi connectivity index (χ1v) is 10.4. The number of nitrogens with zero attached hydrogens (tertiary/aromatic N) is 2. The summed E-state index contributed by atoms with van der Waals surface area (Å²) in [6.45, 7) is 13.1. The van der Waals surface area contributed by atoms with Crippen molar-refractivity contribution in [2.75, 3.05) is 5.73 Å². The third kappa shape index (κ3) is 7.45. The van der Waals surface area contributed by atoms with E-state index in [0.717, 1.165) is 11.8 Å². The number of aldehydes is 1. The predicted octanol–water partition coefficient (Wildman–Crippen LogP) is 5.87. The van der Waals surface area contributed by atoms with Crippen molar-refractivity contribution in [3.63, 3.8) is 0 Å². The Hall–Kier alpha value is -3.28. The second-order valence-corrected chi connectivity index (χ2v) is 9.64. The highest BCUT2D eigenvalue weighted by atomic mass is 19.1. The van der Waals surface area contributed by atoms with E-state index in [1.165, 1.54) is 47.9 Å². The van der Waals surface area contributed by atoms with Crippen molar-refractivity contribution in [3.05, 3.63) is 83.1 Å². The van der Waals surface area contributed by atoms with Crippen molar-refractivity contribution < 1.29 is 13.9 Å². The maximum absolute atomic E-state index is 13.3. The summed E-state index contributed by atoms with van der Waals surface area (Å²) in [6, 6.07) is 10.5. The molecule has 0 spiro atoms. The van der Waals surface area contributed by atoms with Gasteiger partial charge in [0.25, 0.3) is 0 Å². The molecule has 0 aliphatic carbocycles. The van der Waals surface area contributed by atoms with E-state index in [1.54, 1.807) is 0 Å². The lowest BCUT2D eigenvalue weighted by Crippen LogP contribution is -2.16. The van der Waals surface area contributed by atoms with Crippen LogP contribution in [0, 0.1) is 5.82 Å². The quantitative estimate of drug-likeness (QED) is 0.408. The van der Waals surface area contributed by atoms with E-state index >= 15 is 0 Å². The van der Waals surface area contributed by atoms with Crippen LogP contribution >= 0.6 is 0 Å². The number of carbonyl (C=O) groups excluding carboxylic acids is 1. The van der Waals surface area contributed by atoms with Gasteiger partial charge in [-0.3, -0.25) is 9.78 Å². The number of rotatable bonds is 4. The molecule has 1 aromatic heterocycles. The summed E-state index contributed by atoms with van der Waals surface area (Å²) in [6.07, 6.45) is 5.44. The number of ether oxygens (including phenoxy) is 1. The van der Waals surface area contributed by atoms with E-state index in [1.807, 2.05) is 12.1 Å². The first-order chi connectivity index (χ1) is 14.9. The Morgan fingerprint density at radius 2 is 1.59 bits per heavy atom. The number of nitrogens with two attached hydrogens (primary N) is 1. The second kappa shape index (κ2) is 10.4. The topological polar surface area (TPSA) is 78.1 Å². The Morgan fingerprint density at radius 3 is 2.09 bits per heavy atom. The molecule has 0 fully saturated rings. The van der Waals surface area contributed by atoms with Crippen LogP contribution in [-0.2, 0) is 17.4 Å². The van der Waals surface area contributed by atoms with Crippen LogP contribution in [0.1, 0.15) is 68.6 Å². The van der Waals surface area contributed by atoms with E-state index in [-0.39, 0.29) is 23.3 Å². The normalized spacial score (nSPS) is 11.3. The van der Waals surface area contributed by atoms with Gasteiger partial charge in [-0.25, -0.2) is 9.37 Å². The molecule has 2 N–H and O–H groups in total. The number of aromatic nitrogens is 2. The summed E-state index contributed by atoms with van der Waals surface area (Å²) >= 11 is 0. The number of benzene rings is 2. The van der Waals surface area contributed by atoms with Crippen LogP contribution in [0.15, 0.2) is 55.0 Å². The molecule has 6 heteroatoms. The van der Waals surface area contributed by atoms with Gasteiger partial charge in [-0.15, -0.1) is 0 Å². The summed E-state index contributed by atoms with van der Waals surface area (Å²) in [4.78, 5) is 18.7. The Balaban J connectivity index is 0.000000227. The van der Waals surface area contributed by atoms with E-state index in [4.69, 9.17) is 10.5 Å². The molecule has 0 amide bonds. The van der Waals surface area contributed by atoms with Gasteiger partial charge < -0.3 is 10.5 Å². The van der Waals surface area contributed by atoms with Crippen molar-refractivity contribution in [3.8, 4) is 5.88 Å². The van der Waals surface area contributed by atoms with E-state index in [0.29, 0.717) is 17.1 Å². The molecule has 0 saturated heterocycles. The van der Waals surface area contributed by atoms with E-state index in [2.05, 4.69) is 57.6 Å². The second-order valence-electron chi connectivity index (χ2n) is 9.64. The monoisotopic (exact) mass is 437 g/mol. The van der Waals surface area contributed by atoms with Crippen molar-refractivity contribution in [1.29, 1.82) is 0 Å². The predicted molar refractivity (Wildman–Crippen MR) is 126 cm³/mol. The highest BCUT2D eigenvalue weighted by Crippen LogP contribution is 2.29. The zero-order valence-electron chi connectivity index (χ0n) is 19.6. The van der Waals surface area contributed by atoms with Gasteiger partial charge in [-0.2, -0.15) is 0 Å². The number of hydrogen-bond donors (Lipinski definition) is 1. The summed E-state index contributed by atoms with van der Waals surface area (Å²) in [7, 11) is 0. The van der Waals surface area contributed by atoms with Crippen LogP contribution in [-0.4, -0.2) is 16.3 Å². The molecule has 2 aromatic carbocycles. The lowest BCUT2D eigenvalue weighted by atomic mass is 9.80. The third-order valence-corrected chi connectivity index (χ3v) is 4.81. The molecular weight excluding hydrogens is 405 g/mol. The maximum atomic E-state index is 13.3. The molecule has 0 unspecified atom stereocenters. The van der Waals surface area contributed by atoms with Gasteiger partial charge >= 0.3 is 0 Å². The highest BCUT2D eigenvalue weighted by Gasteiger charge is 2.20. The van der Waals surface area contributed by atoms with Crippen molar-refractivity contribution >= 4 is 12.0 Å². The van der Waals surface area contributed by atoms with Crippen LogP contribution in [0.25, 0.3) is 0 Å². The minimum atomic E-state index is -0.349. The molecule has 0 radical (unpaired) electrons. The Bertz CT molecular complexity index is 1010. The molecule has 32 heavy (non-hydrogen) atoms. The lowest BCUT2D eigenvalue weighted by Gasteiger charge is -2.25. The van der Waals surface area contributed by atoms with Crippen LogP contribution in [0.2, 0.25) is 0 Å². The fraction of sp³-hybridized carbons (Fsp3) is 0.346. The molecule has 3 rings (SSSR count). The molecular formula is C26H32FN3O2. The van der Waals surface area contributed by atoms with Gasteiger partial charge in [-0.05, 0) is 52.3 Å². The van der Waals surface area contributed by atoms with Crippen LogP contribution in [0.4, 0.5) is 10.1 Å². The van der Waals surface area contributed by atoms with Crippen LogP contribution in [0.5, 0.6) is 5.88 Å². The zero-order chi connectivity index (χ0) is 23.9. The van der Waals surface area contributed by atoms with E-state index < -0.39 is 0 Å².